The van der Waals surface area contributed by atoms with Crippen LogP contribution in [0.3, 0.4) is 0 Å². The monoisotopic (exact) mass is 288 g/mol. The third-order valence-corrected chi connectivity index (χ3v) is 4.52. The van der Waals surface area contributed by atoms with Gasteiger partial charge in [0.15, 0.2) is 0 Å². The molecule has 1 saturated heterocycles. The van der Waals surface area contributed by atoms with Crippen LogP contribution in [0, 0.1) is 19.3 Å². The van der Waals surface area contributed by atoms with Crippen LogP contribution in [-0.4, -0.2) is 31.1 Å². The fraction of sp³-hybridized carbons (Fsp3) is 0.684. The first-order valence-electron chi connectivity index (χ1n) is 8.43. The van der Waals surface area contributed by atoms with Crippen molar-refractivity contribution in [3.63, 3.8) is 0 Å². The molecular formula is C19H32N2. The third-order valence-electron chi connectivity index (χ3n) is 4.52. The Morgan fingerprint density at radius 1 is 1.19 bits per heavy atom. The standard InChI is InChI=1S/C19H32N2/c1-6-20-18(17-11-15(2)10-16(3)12-17)13-21-9-7-8-19(4,5)14-21/h10-12,18,20H,6-9,13-14H2,1-5H3. The van der Waals surface area contributed by atoms with Gasteiger partial charge < -0.3 is 10.2 Å². The van der Waals surface area contributed by atoms with E-state index in [1.807, 2.05) is 0 Å². The number of likely N-dealkylation sites (tertiary alicyclic amines) is 1. The van der Waals surface area contributed by atoms with Crippen LogP contribution in [0.1, 0.15) is 56.3 Å². The molecule has 1 N–H and O–H groups in total. The summed E-state index contributed by atoms with van der Waals surface area (Å²) in [5, 5.41) is 3.69. The first-order chi connectivity index (χ1) is 9.89. The molecule has 1 heterocycles. The molecule has 1 fully saturated rings. The van der Waals surface area contributed by atoms with Crippen molar-refractivity contribution in [3.05, 3.63) is 34.9 Å². The number of piperidine rings is 1. The van der Waals surface area contributed by atoms with Gasteiger partial charge >= 0.3 is 0 Å². The first kappa shape index (κ1) is 16.5. The predicted molar refractivity (Wildman–Crippen MR) is 91.8 cm³/mol. The number of benzene rings is 1. The molecule has 118 valence electrons. The van der Waals surface area contributed by atoms with Crippen LogP contribution in [0.25, 0.3) is 0 Å². The highest BCUT2D eigenvalue weighted by Crippen LogP contribution is 2.29. The van der Waals surface area contributed by atoms with Gasteiger partial charge in [0.2, 0.25) is 0 Å². The van der Waals surface area contributed by atoms with Gasteiger partial charge in [-0.25, -0.2) is 0 Å². The molecule has 0 spiro atoms. The van der Waals surface area contributed by atoms with Crippen LogP contribution >= 0.6 is 0 Å². The number of rotatable bonds is 5. The molecule has 0 aromatic heterocycles. The van der Waals surface area contributed by atoms with E-state index in [0.717, 1.165) is 13.1 Å². The van der Waals surface area contributed by atoms with Crippen LogP contribution in [0.4, 0.5) is 0 Å². The second-order valence-electron chi connectivity index (χ2n) is 7.53. The van der Waals surface area contributed by atoms with Crippen molar-refractivity contribution in [1.29, 1.82) is 0 Å². The Morgan fingerprint density at radius 3 is 2.43 bits per heavy atom. The smallest absolute Gasteiger partial charge is 0.0449 e. The zero-order chi connectivity index (χ0) is 15.5. The molecule has 0 aliphatic carbocycles. The highest BCUT2D eigenvalue weighted by atomic mass is 15.2. The van der Waals surface area contributed by atoms with Gasteiger partial charge in [0.05, 0.1) is 0 Å². The first-order valence-corrected chi connectivity index (χ1v) is 8.43. The van der Waals surface area contributed by atoms with Gasteiger partial charge in [0, 0.05) is 19.1 Å². The summed E-state index contributed by atoms with van der Waals surface area (Å²) >= 11 is 0. The van der Waals surface area contributed by atoms with E-state index in [0.29, 0.717) is 11.5 Å². The van der Waals surface area contributed by atoms with E-state index in [1.165, 1.54) is 42.6 Å². The van der Waals surface area contributed by atoms with Crippen LogP contribution in [0.15, 0.2) is 18.2 Å². The Balaban J connectivity index is 2.11. The molecule has 0 bridgehead atoms. The van der Waals surface area contributed by atoms with Crippen molar-refractivity contribution >= 4 is 0 Å². The van der Waals surface area contributed by atoms with E-state index < -0.39 is 0 Å². The molecule has 1 unspecified atom stereocenters. The molecule has 1 aliphatic rings. The molecule has 21 heavy (non-hydrogen) atoms. The van der Waals surface area contributed by atoms with E-state index in [-0.39, 0.29) is 0 Å². The van der Waals surface area contributed by atoms with Crippen molar-refractivity contribution in [2.75, 3.05) is 26.2 Å². The number of aryl methyl sites for hydroxylation is 2. The average Bonchev–Trinajstić information content (AvgIpc) is 2.36. The van der Waals surface area contributed by atoms with E-state index in [1.54, 1.807) is 0 Å². The quantitative estimate of drug-likeness (QED) is 0.878. The summed E-state index contributed by atoms with van der Waals surface area (Å²) in [6.45, 7) is 16.0. The molecule has 2 nitrogen and oxygen atoms in total. The predicted octanol–water partition coefficient (Wildman–Crippen LogP) is 4.08. The van der Waals surface area contributed by atoms with Gasteiger partial charge in [0.1, 0.15) is 0 Å². The summed E-state index contributed by atoms with van der Waals surface area (Å²) < 4.78 is 0. The second-order valence-corrected chi connectivity index (χ2v) is 7.53. The van der Waals surface area contributed by atoms with Gasteiger partial charge in [-0.1, -0.05) is 50.1 Å². The molecule has 0 amide bonds. The summed E-state index contributed by atoms with van der Waals surface area (Å²) in [5.74, 6) is 0. The number of hydrogen-bond donors (Lipinski definition) is 1. The highest BCUT2D eigenvalue weighted by molar-refractivity contribution is 5.31. The molecule has 2 rings (SSSR count). The maximum absolute atomic E-state index is 3.69. The van der Waals surface area contributed by atoms with Crippen molar-refractivity contribution < 1.29 is 0 Å². The molecule has 0 saturated carbocycles. The molecule has 2 heteroatoms. The van der Waals surface area contributed by atoms with E-state index in [9.17, 15) is 0 Å². The Bertz CT molecular complexity index is 444. The Morgan fingerprint density at radius 2 is 1.86 bits per heavy atom. The lowest BCUT2D eigenvalue weighted by molar-refractivity contribution is 0.108. The summed E-state index contributed by atoms with van der Waals surface area (Å²) in [5.41, 5.74) is 4.65. The molecule has 1 aliphatic heterocycles. The number of nitrogens with one attached hydrogen (secondary N) is 1. The Kier molecular flexibility index (Phi) is 5.45. The zero-order valence-corrected chi connectivity index (χ0v) is 14.5. The summed E-state index contributed by atoms with van der Waals surface area (Å²) in [7, 11) is 0. The van der Waals surface area contributed by atoms with Crippen molar-refractivity contribution in [2.45, 2.75) is 53.5 Å². The fourth-order valence-electron chi connectivity index (χ4n) is 3.70. The summed E-state index contributed by atoms with van der Waals surface area (Å²) in [6, 6.07) is 7.39. The van der Waals surface area contributed by atoms with Gasteiger partial charge in [-0.3, -0.25) is 0 Å². The number of nitrogens with zero attached hydrogens (tertiary/aromatic N) is 1. The van der Waals surface area contributed by atoms with Gasteiger partial charge in [-0.15, -0.1) is 0 Å². The minimum Gasteiger partial charge on any atom is -0.309 e. The van der Waals surface area contributed by atoms with Crippen molar-refractivity contribution in [2.24, 2.45) is 5.41 Å². The molecule has 0 radical (unpaired) electrons. The summed E-state index contributed by atoms with van der Waals surface area (Å²) in [4.78, 5) is 2.65. The van der Waals surface area contributed by atoms with Gasteiger partial charge in [-0.2, -0.15) is 0 Å². The Labute approximate surface area is 130 Å². The molecular weight excluding hydrogens is 256 g/mol. The zero-order valence-electron chi connectivity index (χ0n) is 14.5. The number of hydrogen-bond acceptors (Lipinski definition) is 2. The Hall–Kier alpha value is -0.860. The fourth-order valence-corrected chi connectivity index (χ4v) is 3.70. The van der Waals surface area contributed by atoms with E-state index >= 15 is 0 Å². The average molecular weight is 288 g/mol. The SMILES string of the molecule is CCNC(CN1CCCC(C)(C)C1)c1cc(C)cc(C)c1. The van der Waals surface area contributed by atoms with Crippen LogP contribution in [-0.2, 0) is 0 Å². The van der Waals surface area contributed by atoms with Crippen molar-refractivity contribution in [1.82, 2.24) is 10.2 Å². The van der Waals surface area contributed by atoms with Gasteiger partial charge in [0.25, 0.3) is 0 Å². The maximum Gasteiger partial charge on any atom is 0.0449 e. The lowest BCUT2D eigenvalue weighted by Crippen LogP contribution is -2.44. The largest absolute Gasteiger partial charge is 0.309 e. The minimum atomic E-state index is 0.447. The third kappa shape index (κ3) is 4.82. The molecule has 1 atom stereocenters. The van der Waals surface area contributed by atoms with E-state index in [4.69, 9.17) is 0 Å². The molecule has 1 aromatic carbocycles. The normalized spacial score (nSPS) is 20.4. The van der Waals surface area contributed by atoms with Gasteiger partial charge in [-0.05, 0) is 50.8 Å². The van der Waals surface area contributed by atoms with Crippen molar-refractivity contribution in [3.8, 4) is 0 Å². The second kappa shape index (κ2) is 6.93. The van der Waals surface area contributed by atoms with Crippen LogP contribution < -0.4 is 5.32 Å². The minimum absolute atomic E-state index is 0.447. The molecule has 1 aromatic rings. The van der Waals surface area contributed by atoms with Crippen LogP contribution in [0.2, 0.25) is 0 Å². The van der Waals surface area contributed by atoms with E-state index in [2.05, 4.69) is 63.0 Å². The maximum atomic E-state index is 3.69. The lowest BCUT2D eigenvalue weighted by atomic mass is 9.84. The highest BCUT2D eigenvalue weighted by Gasteiger charge is 2.27. The number of likely N-dealkylation sites (N-methyl/N-ethyl adjacent to an activating group) is 1. The van der Waals surface area contributed by atoms with Crippen LogP contribution in [0.5, 0.6) is 0 Å². The lowest BCUT2D eigenvalue weighted by Gasteiger charge is -2.39. The summed E-state index contributed by atoms with van der Waals surface area (Å²) in [6.07, 6.45) is 2.69. The topological polar surface area (TPSA) is 15.3 Å².